The van der Waals surface area contributed by atoms with Gasteiger partial charge in [0.2, 0.25) is 0 Å². The number of imidazole rings is 1. The first-order chi connectivity index (χ1) is 5.74. The van der Waals surface area contributed by atoms with E-state index in [0.29, 0.717) is 5.41 Å². The maximum Gasteiger partial charge on any atom is 0.112 e. The molecule has 2 rings (SSSR count). The van der Waals surface area contributed by atoms with Crippen molar-refractivity contribution < 1.29 is 0 Å². The summed E-state index contributed by atoms with van der Waals surface area (Å²) in [5, 5.41) is 3.10. The highest BCUT2D eigenvalue weighted by Gasteiger charge is 2.41. The van der Waals surface area contributed by atoms with Crippen molar-refractivity contribution in [1.29, 1.82) is 0 Å². The fraction of sp³-hybridized carbons (Fsp3) is 0.667. The minimum atomic E-state index is 0.367. The Kier molecular flexibility index (Phi) is 1.68. The second-order valence-electron chi connectivity index (χ2n) is 3.85. The molecule has 0 atom stereocenters. The molecule has 66 valence electrons. The lowest BCUT2D eigenvalue weighted by molar-refractivity contribution is 0.713. The first-order valence-electron chi connectivity index (χ1n) is 4.43. The van der Waals surface area contributed by atoms with Crippen LogP contribution in [-0.2, 0) is 12.0 Å². The van der Waals surface area contributed by atoms with Gasteiger partial charge in [0.25, 0.3) is 0 Å². The van der Waals surface area contributed by atoms with Crippen molar-refractivity contribution in [2.24, 2.45) is 0 Å². The Bertz CT molecular complexity index is 273. The Morgan fingerprint density at radius 3 is 3.00 bits per heavy atom. The van der Waals surface area contributed by atoms with E-state index in [2.05, 4.69) is 22.2 Å². The van der Waals surface area contributed by atoms with Crippen molar-refractivity contribution >= 4 is 0 Å². The van der Waals surface area contributed by atoms with E-state index < -0.39 is 0 Å². The third-order valence-electron chi connectivity index (χ3n) is 2.57. The molecule has 1 saturated carbocycles. The fourth-order valence-corrected chi connectivity index (χ4v) is 1.37. The summed E-state index contributed by atoms with van der Waals surface area (Å²) in [6.45, 7) is 3.14. The van der Waals surface area contributed by atoms with Crippen LogP contribution < -0.4 is 5.32 Å². The zero-order valence-electron chi connectivity index (χ0n) is 7.65. The van der Waals surface area contributed by atoms with Crippen LogP contribution in [0, 0.1) is 0 Å². The quantitative estimate of drug-likeness (QED) is 0.706. The number of H-pyrrole nitrogens is 1. The average molecular weight is 165 g/mol. The van der Waals surface area contributed by atoms with Crippen molar-refractivity contribution in [3.63, 3.8) is 0 Å². The predicted molar refractivity (Wildman–Crippen MR) is 47.9 cm³/mol. The van der Waals surface area contributed by atoms with Gasteiger partial charge in [0.05, 0.1) is 0 Å². The maximum absolute atomic E-state index is 4.37. The first kappa shape index (κ1) is 7.80. The van der Waals surface area contributed by atoms with E-state index in [1.807, 2.05) is 13.2 Å². The Morgan fingerprint density at radius 2 is 2.42 bits per heavy atom. The number of rotatable bonds is 3. The van der Waals surface area contributed by atoms with Crippen LogP contribution in [0.15, 0.2) is 6.20 Å². The smallest absolute Gasteiger partial charge is 0.112 e. The molecule has 0 bridgehead atoms. The lowest BCUT2D eigenvalue weighted by Gasteiger charge is -2.01. The summed E-state index contributed by atoms with van der Waals surface area (Å²) in [6.07, 6.45) is 4.48. The zero-order chi connectivity index (χ0) is 8.60. The molecule has 1 aromatic rings. The van der Waals surface area contributed by atoms with Gasteiger partial charge in [-0.1, -0.05) is 6.92 Å². The zero-order valence-corrected chi connectivity index (χ0v) is 7.65. The lowest BCUT2D eigenvalue weighted by atomic mass is 10.1. The van der Waals surface area contributed by atoms with E-state index in [-0.39, 0.29) is 0 Å². The van der Waals surface area contributed by atoms with Crippen LogP contribution in [0.4, 0.5) is 0 Å². The normalized spacial score (nSPS) is 19.5. The van der Waals surface area contributed by atoms with Crippen LogP contribution in [0.3, 0.4) is 0 Å². The minimum absolute atomic E-state index is 0.367. The summed E-state index contributed by atoms with van der Waals surface area (Å²) < 4.78 is 0. The summed E-state index contributed by atoms with van der Waals surface area (Å²) in [5.74, 6) is 1.16. The van der Waals surface area contributed by atoms with Crippen molar-refractivity contribution in [3.8, 4) is 0 Å². The highest BCUT2D eigenvalue weighted by molar-refractivity contribution is 5.18. The predicted octanol–water partition coefficient (Wildman–Crippen LogP) is 1.18. The van der Waals surface area contributed by atoms with Gasteiger partial charge in [0, 0.05) is 23.9 Å². The molecule has 1 fully saturated rings. The van der Waals surface area contributed by atoms with Gasteiger partial charge in [-0.3, -0.25) is 0 Å². The van der Waals surface area contributed by atoms with Crippen molar-refractivity contribution in [2.75, 3.05) is 7.05 Å². The van der Waals surface area contributed by atoms with E-state index >= 15 is 0 Å². The summed E-state index contributed by atoms with van der Waals surface area (Å²) in [4.78, 5) is 7.72. The van der Waals surface area contributed by atoms with Gasteiger partial charge in [-0.05, 0) is 19.9 Å². The topological polar surface area (TPSA) is 40.7 Å². The molecule has 1 aliphatic rings. The van der Waals surface area contributed by atoms with Crippen molar-refractivity contribution in [2.45, 2.75) is 31.7 Å². The summed E-state index contributed by atoms with van der Waals surface area (Å²) in [5.41, 5.74) is 1.55. The number of hydrogen-bond acceptors (Lipinski definition) is 2. The average Bonchev–Trinajstić information content (AvgIpc) is 2.64. The van der Waals surface area contributed by atoms with Gasteiger partial charge in [-0.25, -0.2) is 4.98 Å². The monoisotopic (exact) mass is 165 g/mol. The van der Waals surface area contributed by atoms with Crippen LogP contribution in [-0.4, -0.2) is 17.0 Å². The molecule has 2 N–H and O–H groups in total. The number of nitrogens with zero attached hydrogens (tertiary/aromatic N) is 1. The molecule has 12 heavy (non-hydrogen) atoms. The van der Waals surface area contributed by atoms with E-state index in [1.54, 1.807) is 0 Å². The van der Waals surface area contributed by atoms with Crippen molar-refractivity contribution in [1.82, 2.24) is 15.3 Å². The van der Waals surface area contributed by atoms with E-state index in [9.17, 15) is 0 Å². The van der Waals surface area contributed by atoms with Gasteiger partial charge in [-0.15, -0.1) is 0 Å². The molecule has 0 spiro atoms. The molecular weight excluding hydrogens is 150 g/mol. The molecule has 0 saturated heterocycles. The summed E-state index contributed by atoms with van der Waals surface area (Å²) >= 11 is 0. The van der Waals surface area contributed by atoms with Gasteiger partial charge in [-0.2, -0.15) is 0 Å². The molecular formula is C9H15N3. The molecule has 3 heteroatoms. The maximum atomic E-state index is 4.37. The standard InChI is InChI=1S/C9H15N3/c1-9(3-4-9)8-11-6-7(12-8)5-10-2/h6,10H,3-5H2,1-2H3,(H,11,12). The molecule has 0 aromatic carbocycles. The number of nitrogens with one attached hydrogen (secondary N) is 2. The minimum Gasteiger partial charge on any atom is -0.344 e. The molecule has 0 amide bonds. The highest BCUT2D eigenvalue weighted by Crippen LogP contribution is 2.45. The van der Waals surface area contributed by atoms with Crippen LogP contribution in [0.25, 0.3) is 0 Å². The fourth-order valence-electron chi connectivity index (χ4n) is 1.37. The van der Waals surface area contributed by atoms with Crippen LogP contribution in [0.5, 0.6) is 0 Å². The highest BCUT2D eigenvalue weighted by atomic mass is 15.0. The van der Waals surface area contributed by atoms with E-state index in [0.717, 1.165) is 12.4 Å². The van der Waals surface area contributed by atoms with Gasteiger partial charge >= 0.3 is 0 Å². The largest absolute Gasteiger partial charge is 0.344 e. The molecule has 0 aliphatic heterocycles. The van der Waals surface area contributed by atoms with Crippen molar-refractivity contribution in [3.05, 3.63) is 17.7 Å². The molecule has 0 unspecified atom stereocenters. The number of aromatic nitrogens is 2. The number of hydrogen-bond donors (Lipinski definition) is 2. The molecule has 0 radical (unpaired) electrons. The van der Waals surface area contributed by atoms with Crippen LogP contribution in [0.1, 0.15) is 31.3 Å². The number of aromatic amines is 1. The second-order valence-corrected chi connectivity index (χ2v) is 3.85. The van der Waals surface area contributed by atoms with Gasteiger partial charge in [0.15, 0.2) is 0 Å². The molecule has 1 aromatic heterocycles. The van der Waals surface area contributed by atoms with Gasteiger partial charge < -0.3 is 10.3 Å². The first-order valence-corrected chi connectivity index (χ1v) is 4.43. The molecule has 1 aliphatic carbocycles. The lowest BCUT2D eigenvalue weighted by Crippen LogP contribution is -2.06. The Labute approximate surface area is 72.6 Å². The van der Waals surface area contributed by atoms with E-state index in [1.165, 1.54) is 18.5 Å². The Morgan fingerprint density at radius 1 is 1.67 bits per heavy atom. The summed E-state index contributed by atoms with van der Waals surface area (Å²) in [6, 6.07) is 0. The molecule has 3 nitrogen and oxygen atoms in total. The second kappa shape index (κ2) is 2.59. The third kappa shape index (κ3) is 1.25. The van der Waals surface area contributed by atoms with Crippen LogP contribution >= 0.6 is 0 Å². The SMILES string of the molecule is CNCc1cnc(C2(C)CC2)[nH]1. The van der Waals surface area contributed by atoms with E-state index in [4.69, 9.17) is 0 Å². The van der Waals surface area contributed by atoms with Gasteiger partial charge in [0.1, 0.15) is 5.82 Å². The third-order valence-corrected chi connectivity index (χ3v) is 2.57. The summed E-state index contributed by atoms with van der Waals surface area (Å²) in [7, 11) is 1.94. The molecule has 1 heterocycles. The Balaban J connectivity index is 2.13. The van der Waals surface area contributed by atoms with Crippen LogP contribution in [0.2, 0.25) is 0 Å². The Hall–Kier alpha value is -0.830.